The second-order valence-electron chi connectivity index (χ2n) is 4.60. The number of halogens is 1. The van der Waals surface area contributed by atoms with E-state index < -0.39 is 24.3 Å². The van der Waals surface area contributed by atoms with Gasteiger partial charge in [0.25, 0.3) is 5.91 Å². The predicted octanol–water partition coefficient (Wildman–Crippen LogP) is 2.20. The molecule has 0 aliphatic heterocycles. The molecule has 2 rings (SSSR count). The number of amides is 1. The molecule has 0 aliphatic rings. The number of benzene rings is 1. The van der Waals surface area contributed by atoms with E-state index in [9.17, 15) is 14.0 Å². The van der Waals surface area contributed by atoms with Gasteiger partial charge in [0.15, 0.2) is 6.61 Å². The highest BCUT2D eigenvalue weighted by atomic mass is 19.1. The molecule has 1 aromatic heterocycles. The molecule has 0 spiro atoms. The molecule has 0 saturated carbocycles. The van der Waals surface area contributed by atoms with Gasteiger partial charge in [-0.15, -0.1) is 0 Å². The fraction of sp³-hybridized carbons (Fsp3) is 0.125. The second-order valence-corrected chi connectivity index (χ2v) is 4.60. The number of pyridine rings is 1. The Kier molecular flexibility index (Phi) is 5.00. The minimum atomic E-state index is -0.986. The van der Waals surface area contributed by atoms with Crippen LogP contribution in [0.25, 0.3) is 0 Å². The summed E-state index contributed by atoms with van der Waals surface area (Å²) in [5.41, 5.74) is 0.499. The van der Waals surface area contributed by atoms with E-state index in [-0.39, 0.29) is 11.1 Å². The molecule has 0 saturated heterocycles. The van der Waals surface area contributed by atoms with Crippen molar-refractivity contribution in [2.45, 2.75) is 6.92 Å². The first-order valence-electron chi connectivity index (χ1n) is 6.59. The van der Waals surface area contributed by atoms with Crippen LogP contribution in [0, 0.1) is 24.1 Å². The molecule has 1 heterocycles. The summed E-state index contributed by atoms with van der Waals surface area (Å²) in [6.07, 6.45) is 1.51. The fourth-order valence-corrected chi connectivity index (χ4v) is 1.74. The van der Waals surface area contributed by atoms with Crippen molar-refractivity contribution in [3.8, 4) is 6.07 Å². The molecule has 0 bridgehead atoms. The van der Waals surface area contributed by atoms with E-state index >= 15 is 0 Å². The number of hydrogen-bond acceptors (Lipinski definition) is 5. The molecule has 0 atom stereocenters. The minimum absolute atomic E-state index is 0.0856. The van der Waals surface area contributed by atoms with E-state index in [4.69, 9.17) is 10.00 Å². The monoisotopic (exact) mass is 313 g/mol. The molecule has 2 aromatic rings. The van der Waals surface area contributed by atoms with Gasteiger partial charge in [-0.3, -0.25) is 4.79 Å². The summed E-state index contributed by atoms with van der Waals surface area (Å²) >= 11 is 0. The number of ether oxygens (including phenoxy) is 1. The topological polar surface area (TPSA) is 92.1 Å². The molecule has 0 unspecified atom stereocenters. The highest BCUT2D eigenvalue weighted by molar-refractivity contribution is 5.95. The standard InChI is InChI=1S/C16H12FN3O3/c1-10-3-2-6-19-15(10)20-14(21)9-23-16(22)12-5-4-11(8-18)7-13(12)17/h2-7H,9H2,1H3,(H,19,20,21). The maximum atomic E-state index is 13.6. The Balaban J connectivity index is 1.95. The van der Waals surface area contributed by atoms with E-state index in [1.807, 2.05) is 0 Å². The number of nitrogens with zero attached hydrogens (tertiary/aromatic N) is 2. The highest BCUT2D eigenvalue weighted by Crippen LogP contribution is 2.12. The van der Waals surface area contributed by atoms with Crippen molar-refractivity contribution in [2.75, 3.05) is 11.9 Å². The summed E-state index contributed by atoms with van der Waals surface area (Å²) in [7, 11) is 0. The van der Waals surface area contributed by atoms with E-state index in [2.05, 4.69) is 10.3 Å². The SMILES string of the molecule is Cc1cccnc1NC(=O)COC(=O)c1ccc(C#N)cc1F. The van der Waals surface area contributed by atoms with Gasteiger partial charge in [-0.1, -0.05) is 6.07 Å². The van der Waals surface area contributed by atoms with Gasteiger partial charge in [0.05, 0.1) is 17.2 Å². The number of nitriles is 1. The average Bonchev–Trinajstić information content (AvgIpc) is 2.54. The molecule has 1 amide bonds. The van der Waals surface area contributed by atoms with E-state index in [0.717, 1.165) is 17.7 Å². The van der Waals surface area contributed by atoms with Gasteiger partial charge in [0.2, 0.25) is 0 Å². The molecule has 7 heteroatoms. The Labute approximate surface area is 131 Å². The van der Waals surface area contributed by atoms with Crippen molar-refractivity contribution in [1.29, 1.82) is 5.26 Å². The number of carbonyl (C=O) groups is 2. The van der Waals surface area contributed by atoms with Crippen molar-refractivity contribution in [2.24, 2.45) is 0 Å². The first-order valence-corrected chi connectivity index (χ1v) is 6.59. The number of nitrogens with one attached hydrogen (secondary N) is 1. The number of hydrogen-bond donors (Lipinski definition) is 1. The smallest absolute Gasteiger partial charge is 0.341 e. The van der Waals surface area contributed by atoms with Gasteiger partial charge < -0.3 is 10.1 Å². The summed E-state index contributed by atoms with van der Waals surface area (Å²) in [6.45, 7) is 1.19. The number of anilines is 1. The number of aryl methyl sites for hydroxylation is 1. The van der Waals surface area contributed by atoms with E-state index in [1.54, 1.807) is 25.1 Å². The predicted molar refractivity (Wildman–Crippen MR) is 79.0 cm³/mol. The lowest BCUT2D eigenvalue weighted by molar-refractivity contribution is -0.119. The summed E-state index contributed by atoms with van der Waals surface area (Å²) in [5.74, 6) is -2.10. The van der Waals surface area contributed by atoms with Gasteiger partial charge in [-0.25, -0.2) is 14.2 Å². The van der Waals surface area contributed by atoms with Crippen LogP contribution in [0.4, 0.5) is 10.2 Å². The van der Waals surface area contributed by atoms with E-state index in [0.29, 0.717) is 5.82 Å². The Morgan fingerprint density at radius 1 is 1.39 bits per heavy atom. The number of rotatable bonds is 4. The quantitative estimate of drug-likeness (QED) is 0.874. The van der Waals surface area contributed by atoms with Crippen LogP contribution in [-0.2, 0) is 9.53 Å². The number of aromatic nitrogens is 1. The highest BCUT2D eigenvalue weighted by Gasteiger charge is 2.15. The zero-order valence-electron chi connectivity index (χ0n) is 12.2. The fourth-order valence-electron chi connectivity index (χ4n) is 1.74. The van der Waals surface area contributed by atoms with Gasteiger partial charge in [-0.2, -0.15) is 5.26 Å². The molecular formula is C16H12FN3O3. The maximum Gasteiger partial charge on any atom is 0.341 e. The van der Waals surface area contributed by atoms with Gasteiger partial charge in [0.1, 0.15) is 11.6 Å². The molecule has 23 heavy (non-hydrogen) atoms. The average molecular weight is 313 g/mol. The molecule has 0 fully saturated rings. The van der Waals surface area contributed by atoms with Crippen molar-refractivity contribution in [1.82, 2.24) is 4.98 Å². The van der Waals surface area contributed by atoms with Crippen LogP contribution >= 0.6 is 0 Å². The van der Waals surface area contributed by atoms with Crippen LogP contribution < -0.4 is 5.32 Å². The van der Waals surface area contributed by atoms with Crippen molar-refractivity contribution in [3.05, 3.63) is 59.0 Å². The molecular weight excluding hydrogens is 301 g/mol. The normalized spacial score (nSPS) is 9.78. The molecule has 1 N–H and O–H groups in total. The lowest BCUT2D eigenvalue weighted by atomic mass is 10.1. The van der Waals surface area contributed by atoms with Gasteiger partial charge >= 0.3 is 5.97 Å². The third kappa shape index (κ3) is 4.11. The number of esters is 1. The largest absolute Gasteiger partial charge is 0.452 e. The summed E-state index contributed by atoms with van der Waals surface area (Å²) in [6, 6.07) is 8.59. The third-order valence-electron chi connectivity index (χ3n) is 2.92. The third-order valence-corrected chi connectivity index (χ3v) is 2.92. The summed E-state index contributed by atoms with van der Waals surface area (Å²) in [5, 5.41) is 11.1. The van der Waals surface area contributed by atoms with Crippen LogP contribution in [0.3, 0.4) is 0 Å². The molecule has 116 valence electrons. The van der Waals surface area contributed by atoms with Crippen LogP contribution in [0.2, 0.25) is 0 Å². The van der Waals surface area contributed by atoms with E-state index in [1.165, 1.54) is 12.3 Å². The molecule has 6 nitrogen and oxygen atoms in total. The Bertz CT molecular complexity index is 799. The zero-order chi connectivity index (χ0) is 16.8. The van der Waals surface area contributed by atoms with Crippen molar-refractivity contribution in [3.63, 3.8) is 0 Å². The van der Waals surface area contributed by atoms with Gasteiger partial charge in [0, 0.05) is 6.20 Å². The first-order chi connectivity index (χ1) is 11.0. The Morgan fingerprint density at radius 3 is 2.83 bits per heavy atom. The van der Waals surface area contributed by atoms with Crippen LogP contribution in [-0.4, -0.2) is 23.5 Å². The lowest BCUT2D eigenvalue weighted by Crippen LogP contribution is -2.22. The summed E-state index contributed by atoms with van der Waals surface area (Å²) < 4.78 is 18.4. The van der Waals surface area contributed by atoms with Crippen LogP contribution in [0.1, 0.15) is 21.5 Å². The van der Waals surface area contributed by atoms with Crippen molar-refractivity contribution < 1.29 is 18.7 Å². The number of carbonyl (C=O) groups excluding carboxylic acids is 2. The van der Waals surface area contributed by atoms with Crippen LogP contribution in [0.15, 0.2) is 36.5 Å². The van der Waals surface area contributed by atoms with Gasteiger partial charge in [-0.05, 0) is 36.8 Å². The van der Waals surface area contributed by atoms with Crippen molar-refractivity contribution >= 4 is 17.7 Å². The molecule has 0 radical (unpaired) electrons. The molecule has 1 aromatic carbocycles. The van der Waals surface area contributed by atoms with Crippen LogP contribution in [0.5, 0.6) is 0 Å². The second kappa shape index (κ2) is 7.13. The Hall–Kier alpha value is -3.27. The first kappa shape index (κ1) is 16.1. The Morgan fingerprint density at radius 2 is 2.17 bits per heavy atom. The molecule has 0 aliphatic carbocycles. The minimum Gasteiger partial charge on any atom is -0.452 e. The zero-order valence-corrected chi connectivity index (χ0v) is 12.2. The lowest BCUT2D eigenvalue weighted by Gasteiger charge is -2.08. The summed E-state index contributed by atoms with van der Waals surface area (Å²) in [4.78, 5) is 27.4. The maximum absolute atomic E-state index is 13.6.